The van der Waals surface area contributed by atoms with E-state index in [0.29, 0.717) is 29.8 Å². The summed E-state index contributed by atoms with van der Waals surface area (Å²) >= 11 is 0. The zero-order valence-electron chi connectivity index (χ0n) is 18.8. The van der Waals surface area contributed by atoms with Crippen LogP contribution in [0.1, 0.15) is 65.2 Å². The van der Waals surface area contributed by atoms with Gasteiger partial charge in [-0.1, -0.05) is 19.0 Å². The van der Waals surface area contributed by atoms with E-state index in [0.717, 1.165) is 12.8 Å². The quantitative estimate of drug-likeness (QED) is 0.515. The van der Waals surface area contributed by atoms with E-state index in [-0.39, 0.29) is 16.9 Å². The molecule has 8 atom stereocenters. The fourth-order valence-electron chi connectivity index (χ4n) is 8.00. The lowest BCUT2D eigenvalue weighted by molar-refractivity contribution is -0.162. The van der Waals surface area contributed by atoms with Crippen molar-refractivity contribution in [3.8, 4) is 0 Å². The van der Waals surface area contributed by atoms with E-state index in [1.165, 1.54) is 44.2 Å². The molecule has 4 fully saturated rings. The predicted octanol–water partition coefficient (Wildman–Crippen LogP) is 5.22. The maximum atomic E-state index is 11.4. The van der Waals surface area contributed by atoms with Gasteiger partial charge in [0.05, 0.1) is 11.8 Å². The number of fused-ring (bicyclic) bond motifs is 5. The topological polar surface area (TPSA) is 51.0 Å². The van der Waals surface area contributed by atoms with Crippen LogP contribution in [0.15, 0.2) is 5.16 Å². The Morgan fingerprint density at radius 3 is 2.54 bits per heavy atom. The van der Waals surface area contributed by atoms with Crippen molar-refractivity contribution in [2.75, 3.05) is 7.11 Å². The summed E-state index contributed by atoms with van der Waals surface area (Å²) in [5, 5.41) is 15.8. The second-order valence-corrected chi connectivity index (χ2v) is 16.1. The Morgan fingerprint density at radius 1 is 1.11 bits per heavy atom. The molecule has 160 valence electrons. The molecule has 4 saturated carbocycles. The van der Waals surface area contributed by atoms with Gasteiger partial charge in [-0.3, -0.25) is 0 Å². The maximum absolute atomic E-state index is 11.4. The van der Waals surface area contributed by atoms with Crippen molar-refractivity contribution in [2.24, 2.45) is 39.7 Å². The van der Waals surface area contributed by atoms with Gasteiger partial charge in [0.1, 0.15) is 7.11 Å². The third-order valence-corrected chi connectivity index (χ3v) is 10.1. The number of aliphatic hydroxyl groups is 1. The minimum atomic E-state index is -1.49. The van der Waals surface area contributed by atoms with Crippen LogP contribution in [-0.4, -0.2) is 38.5 Å². The standard InChI is InChI=1S/C23H41NO3Si/c1-22-12-11-16(27-28(4,5)6)13-15(22)7-8-17-18-9-10-20(24-26-3)23(18,2)14-19(25)21(17)22/h15-19,21,25H,7-14H2,1-6H3/t15-,16-,17?,18?,19+,21?,22+,23+/m1/s1. The lowest BCUT2D eigenvalue weighted by Crippen LogP contribution is -2.59. The van der Waals surface area contributed by atoms with E-state index in [4.69, 9.17) is 9.26 Å². The fraction of sp³-hybridized carbons (Fsp3) is 0.957. The number of hydrogen-bond acceptors (Lipinski definition) is 4. The first-order valence-electron chi connectivity index (χ1n) is 11.5. The lowest BCUT2D eigenvalue weighted by Gasteiger charge is -2.62. The Bertz CT molecular complexity index is 632. The maximum Gasteiger partial charge on any atom is 0.184 e. The average molecular weight is 408 g/mol. The summed E-state index contributed by atoms with van der Waals surface area (Å²) in [6.45, 7) is 11.8. The van der Waals surface area contributed by atoms with E-state index in [1.54, 1.807) is 7.11 Å². The minimum Gasteiger partial charge on any atom is -0.415 e. The van der Waals surface area contributed by atoms with Gasteiger partial charge in [-0.2, -0.15) is 0 Å². The second kappa shape index (κ2) is 7.09. The van der Waals surface area contributed by atoms with Gasteiger partial charge >= 0.3 is 0 Å². The molecule has 0 aliphatic heterocycles. The third-order valence-electron chi connectivity index (χ3n) is 9.01. The Balaban J connectivity index is 1.57. The first-order chi connectivity index (χ1) is 13.1. The van der Waals surface area contributed by atoms with E-state index >= 15 is 0 Å². The van der Waals surface area contributed by atoms with E-state index < -0.39 is 8.32 Å². The largest absolute Gasteiger partial charge is 0.415 e. The summed E-state index contributed by atoms with van der Waals surface area (Å²) in [5.74, 6) is 2.44. The zero-order valence-corrected chi connectivity index (χ0v) is 19.8. The van der Waals surface area contributed by atoms with E-state index in [1.807, 2.05) is 0 Å². The number of nitrogens with zero attached hydrogens (tertiary/aromatic N) is 1. The molecule has 28 heavy (non-hydrogen) atoms. The van der Waals surface area contributed by atoms with Gasteiger partial charge in [0.25, 0.3) is 0 Å². The highest BCUT2D eigenvalue weighted by atomic mass is 28.4. The molecule has 0 bridgehead atoms. The van der Waals surface area contributed by atoms with Crippen LogP contribution in [0.2, 0.25) is 19.6 Å². The molecular formula is C23H41NO3Si. The summed E-state index contributed by atoms with van der Waals surface area (Å²) in [4.78, 5) is 5.16. The summed E-state index contributed by atoms with van der Waals surface area (Å²) in [6, 6.07) is 0. The van der Waals surface area contributed by atoms with Crippen LogP contribution in [0, 0.1) is 34.5 Å². The van der Waals surface area contributed by atoms with Gasteiger partial charge < -0.3 is 14.4 Å². The number of hydrogen-bond donors (Lipinski definition) is 1. The number of rotatable bonds is 3. The molecule has 0 aromatic carbocycles. The summed E-state index contributed by atoms with van der Waals surface area (Å²) < 4.78 is 6.51. The first kappa shape index (κ1) is 20.9. The molecule has 5 heteroatoms. The molecular weight excluding hydrogens is 366 g/mol. The Morgan fingerprint density at radius 2 is 1.86 bits per heavy atom. The SMILES string of the molecule is CON=C1CCC2C3CC[C@@H]4C[C@H](O[Si](C)(C)C)CC[C@]4(C)C3[C@@H](O)C[C@]12C. The van der Waals surface area contributed by atoms with Crippen molar-refractivity contribution in [1.29, 1.82) is 0 Å². The summed E-state index contributed by atoms with van der Waals surface area (Å²) in [7, 11) is 0.161. The molecule has 4 aliphatic rings. The minimum absolute atomic E-state index is 0.0257. The molecule has 1 N–H and O–H groups in total. The Hall–Kier alpha value is -0.393. The van der Waals surface area contributed by atoms with Crippen molar-refractivity contribution in [3.05, 3.63) is 0 Å². The highest BCUT2D eigenvalue weighted by Gasteiger charge is 2.62. The molecule has 0 radical (unpaired) electrons. The van der Waals surface area contributed by atoms with Gasteiger partial charge in [0.15, 0.2) is 8.32 Å². The van der Waals surface area contributed by atoms with Crippen molar-refractivity contribution < 1.29 is 14.4 Å². The molecule has 3 unspecified atom stereocenters. The molecule has 0 spiro atoms. The van der Waals surface area contributed by atoms with Crippen LogP contribution >= 0.6 is 0 Å². The average Bonchev–Trinajstić information content (AvgIpc) is 2.90. The molecule has 4 nitrogen and oxygen atoms in total. The Kier molecular flexibility index (Phi) is 5.28. The van der Waals surface area contributed by atoms with Crippen LogP contribution < -0.4 is 0 Å². The molecule has 0 heterocycles. The normalized spacial score (nSPS) is 50.0. The van der Waals surface area contributed by atoms with Crippen LogP contribution in [-0.2, 0) is 9.26 Å². The molecule has 4 aliphatic carbocycles. The van der Waals surface area contributed by atoms with Crippen LogP contribution in [0.25, 0.3) is 0 Å². The summed E-state index contributed by atoms with van der Waals surface area (Å²) in [6.07, 6.45) is 9.51. The van der Waals surface area contributed by atoms with Crippen LogP contribution in [0.3, 0.4) is 0 Å². The molecule has 0 aromatic rings. The molecule has 0 aromatic heterocycles. The van der Waals surface area contributed by atoms with Crippen LogP contribution in [0.5, 0.6) is 0 Å². The number of aliphatic hydroxyl groups excluding tert-OH is 1. The second-order valence-electron chi connectivity index (χ2n) is 11.7. The van der Waals surface area contributed by atoms with E-state index in [9.17, 15) is 5.11 Å². The lowest BCUT2D eigenvalue weighted by atomic mass is 9.44. The summed E-state index contributed by atoms with van der Waals surface area (Å²) in [5.41, 5.74) is 1.49. The molecule has 4 rings (SSSR count). The molecule has 0 amide bonds. The van der Waals surface area contributed by atoms with Gasteiger partial charge in [0.2, 0.25) is 0 Å². The highest BCUT2D eigenvalue weighted by molar-refractivity contribution is 6.69. The number of oxime groups is 1. The van der Waals surface area contributed by atoms with Gasteiger partial charge in [-0.25, -0.2) is 0 Å². The van der Waals surface area contributed by atoms with Gasteiger partial charge in [-0.15, -0.1) is 0 Å². The van der Waals surface area contributed by atoms with Crippen molar-refractivity contribution >= 4 is 14.0 Å². The highest BCUT2D eigenvalue weighted by Crippen LogP contribution is 2.65. The van der Waals surface area contributed by atoms with E-state index in [2.05, 4.69) is 38.6 Å². The predicted molar refractivity (Wildman–Crippen MR) is 116 cm³/mol. The van der Waals surface area contributed by atoms with Crippen LogP contribution in [0.4, 0.5) is 0 Å². The van der Waals surface area contributed by atoms with Gasteiger partial charge in [0, 0.05) is 11.5 Å². The van der Waals surface area contributed by atoms with Gasteiger partial charge in [-0.05, 0) is 100 Å². The first-order valence-corrected chi connectivity index (χ1v) is 15.0. The fourth-order valence-corrected chi connectivity index (χ4v) is 9.21. The zero-order chi connectivity index (χ0) is 20.3. The smallest absolute Gasteiger partial charge is 0.184 e. The van der Waals surface area contributed by atoms with Crippen molar-refractivity contribution in [2.45, 2.75) is 97.1 Å². The Labute approximate surface area is 172 Å². The van der Waals surface area contributed by atoms with Crippen molar-refractivity contribution in [1.82, 2.24) is 0 Å². The van der Waals surface area contributed by atoms with Crippen molar-refractivity contribution in [3.63, 3.8) is 0 Å². The third kappa shape index (κ3) is 3.29. The monoisotopic (exact) mass is 407 g/mol. The molecule has 0 saturated heterocycles.